The van der Waals surface area contributed by atoms with E-state index < -0.39 is 11.9 Å². The fraction of sp³-hybridized carbons (Fsp3) is 0.0769. The van der Waals surface area contributed by atoms with Crippen LogP contribution in [0.1, 0.15) is 33.1 Å². The normalized spacial score (nSPS) is 10.5. The minimum absolute atomic E-state index is 0.0167. The van der Waals surface area contributed by atoms with Crippen molar-refractivity contribution in [1.29, 1.82) is 0 Å². The molecular formula is C26H21N3O4. The Labute approximate surface area is 191 Å². The molecule has 0 fully saturated rings. The maximum Gasteiger partial charge on any atom is 0.327 e. The van der Waals surface area contributed by atoms with Gasteiger partial charge in [0.1, 0.15) is 12.2 Å². The summed E-state index contributed by atoms with van der Waals surface area (Å²) in [7, 11) is 0. The summed E-state index contributed by atoms with van der Waals surface area (Å²) >= 11 is 0. The fourth-order valence-corrected chi connectivity index (χ4v) is 3.30. The van der Waals surface area contributed by atoms with E-state index in [1.165, 1.54) is 6.20 Å². The van der Waals surface area contributed by atoms with Crippen LogP contribution in [0.5, 0.6) is 11.9 Å². The average Bonchev–Trinajstić information content (AvgIpc) is 2.88. The number of hydrogen-bond acceptors (Lipinski definition) is 6. The zero-order chi connectivity index (χ0) is 22.9. The molecule has 0 spiro atoms. The van der Waals surface area contributed by atoms with Crippen LogP contribution in [0.2, 0.25) is 0 Å². The Bertz CT molecular complexity index is 1160. The largest absolute Gasteiger partial charge is 0.472 e. The molecule has 0 bridgehead atoms. The Hall–Kier alpha value is -4.52. The van der Waals surface area contributed by atoms with Gasteiger partial charge >= 0.3 is 12.5 Å². The molecule has 1 heterocycles. The minimum atomic E-state index is -0.423. The molecule has 0 aliphatic rings. The van der Waals surface area contributed by atoms with Gasteiger partial charge in [-0.1, -0.05) is 91.0 Å². The standard InChI is InChI=1S/C26H21N3O4/c30-18-33-26-27-16-22(25(29-26)32-17-19-10-4-1-5-11-19)24(31)28-23(20-12-6-2-7-13-20)21-14-8-3-9-15-21/h1-16,18,23H,17H2,(H,28,31). The van der Waals surface area contributed by atoms with Crippen molar-refractivity contribution in [2.75, 3.05) is 0 Å². The van der Waals surface area contributed by atoms with Gasteiger partial charge < -0.3 is 14.8 Å². The Morgan fingerprint density at radius 1 is 0.879 bits per heavy atom. The van der Waals surface area contributed by atoms with Gasteiger partial charge in [-0.3, -0.25) is 9.59 Å². The predicted molar refractivity (Wildman–Crippen MR) is 122 cm³/mol. The first kappa shape index (κ1) is 21.7. The van der Waals surface area contributed by atoms with Crippen LogP contribution >= 0.6 is 0 Å². The van der Waals surface area contributed by atoms with Crippen LogP contribution in [0.4, 0.5) is 0 Å². The van der Waals surface area contributed by atoms with Crippen LogP contribution in [0.3, 0.4) is 0 Å². The Balaban J connectivity index is 1.63. The first-order valence-electron chi connectivity index (χ1n) is 10.3. The third-order valence-corrected chi connectivity index (χ3v) is 4.89. The van der Waals surface area contributed by atoms with E-state index in [0.717, 1.165) is 16.7 Å². The molecule has 1 aromatic heterocycles. The molecule has 7 heteroatoms. The van der Waals surface area contributed by atoms with E-state index in [2.05, 4.69) is 15.3 Å². The summed E-state index contributed by atoms with van der Waals surface area (Å²) in [5, 5.41) is 3.05. The molecule has 1 N–H and O–H groups in total. The summed E-state index contributed by atoms with van der Waals surface area (Å²) in [6, 6.07) is 28.2. The molecule has 0 radical (unpaired) electrons. The lowest BCUT2D eigenvalue weighted by Crippen LogP contribution is -2.30. The van der Waals surface area contributed by atoms with Crippen molar-refractivity contribution in [1.82, 2.24) is 15.3 Å². The topological polar surface area (TPSA) is 90.4 Å². The summed E-state index contributed by atoms with van der Waals surface area (Å²) in [5.74, 6) is -0.406. The van der Waals surface area contributed by atoms with Crippen LogP contribution in [-0.4, -0.2) is 22.3 Å². The number of benzene rings is 3. The van der Waals surface area contributed by atoms with Crippen molar-refractivity contribution >= 4 is 12.4 Å². The van der Waals surface area contributed by atoms with Gasteiger partial charge in [0.25, 0.3) is 5.91 Å². The second-order valence-corrected chi connectivity index (χ2v) is 7.09. The smallest absolute Gasteiger partial charge is 0.327 e. The van der Waals surface area contributed by atoms with Crippen molar-refractivity contribution in [3.05, 3.63) is 119 Å². The number of carbonyl (C=O) groups is 2. The molecule has 4 rings (SSSR count). The quantitative estimate of drug-likeness (QED) is 0.395. The van der Waals surface area contributed by atoms with Crippen molar-refractivity contribution < 1.29 is 19.1 Å². The SMILES string of the molecule is O=COc1ncc(C(=O)NC(c2ccccc2)c2ccccc2)c(OCc2ccccc2)n1. The molecule has 0 atom stereocenters. The lowest BCUT2D eigenvalue weighted by Gasteiger charge is -2.20. The number of carbonyl (C=O) groups excluding carboxylic acids is 2. The molecule has 0 aliphatic heterocycles. The number of hydrogen-bond donors (Lipinski definition) is 1. The monoisotopic (exact) mass is 439 g/mol. The predicted octanol–water partition coefficient (Wildman–Crippen LogP) is 4.11. The highest BCUT2D eigenvalue weighted by Gasteiger charge is 2.22. The first-order chi connectivity index (χ1) is 16.2. The molecule has 0 unspecified atom stereocenters. The van der Waals surface area contributed by atoms with E-state index in [-0.39, 0.29) is 30.5 Å². The molecular weight excluding hydrogens is 418 g/mol. The number of ether oxygens (including phenoxy) is 2. The average molecular weight is 439 g/mol. The number of aromatic nitrogens is 2. The van der Waals surface area contributed by atoms with Crippen LogP contribution in [0.15, 0.2) is 97.2 Å². The maximum atomic E-state index is 13.3. The number of rotatable bonds is 9. The van der Waals surface area contributed by atoms with Crippen LogP contribution in [-0.2, 0) is 11.4 Å². The van der Waals surface area contributed by atoms with E-state index >= 15 is 0 Å². The molecule has 0 saturated heterocycles. The third-order valence-electron chi connectivity index (χ3n) is 4.89. The summed E-state index contributed by atoms with van der Waals surface area (Å²) in [4.78, 5) is 32.1. The third kappa shape index (κ3) is 5.59. The van der Waals surface area contributed by atoms with Gasteiger partial charge in [-0.2, -0.15) is 4.98 Å². The molecule has 0 saturated carbocycles. The number of nitrogens with zero attached hydrogens (tertiary/aromatic N) is 2. The van der Waals surface area contributed by atoms with Gasteiger partial charge in [0.2, 0.25) is 5.88 Å². The highest BCUT2D eigenvalue weighted by atomic mass is 16.5. The highest BCUT2D eigenvalue weighted by molar-refractivity contribution is 5.96. The van der Waals surface area contributed by atoms with E-state index in [9.17, 15) is 9.59 Å². The van der Waals surface area contributed by atoms with Crippen molar-refractivity contribution in [3.63, 3.8) is 0 Å². The van der Waals surface area contributed by atoms with Gasteiger partial charge in [0, 0.05) is 0 Å². The Morgan fingerprint density at radius 2 is 1.45 bits per heavy atom. The molecule has 3 aromatic carbocycles. The first-order valence-corrected chi connectivity index (χ1v) is 10.3. The van der Waals surface area contributed by atoms with Crippen LogP contribution in [0.25, 0.3) is 0 Å². The van der Waals surface area contributed by atoms with Gasteiger partial charge in [-0.25, -0.2) is 4.98 Å². The molecule has 4 aromatic rings. The fourth-order valence-electron chi connectivity index (χ4n) is 3.30. The lowest BCUT2D eigenvalue weighted by atomic mass is 9.98. The summed E-state index contributed by atoms with van der Waals surface area (Å²) in [6.45, 7) is 0.399. The second kappa shape index (κ2) is 10.7. The molecule has 7 nitrogen and oxygen atoms in total. The van der Waals surface area contributed by atoms with Crippen LogP contribution in [0, 0.1) is 0 Å². The van der Waals surface area contributed by atoms with E-state index in [0.29, 0.717) is 0 Å². The Kier molecular flexibility index (Phi) is 7.02. The van der Waals surface area contributed by atoms with Crippen molar-refractivity contribution in [2.24, 2.45) is 0 Å². The molecule has 164 valence electrons. The molecule has 33 heavy (non-hydrogen) atoms. The maximum absolute atomic E-state index is 13.3. The van der Waals surface area contributed by atoms with Crippen molar-refractivity contribution in [2.45, 2.75) is 12.6 Å². The number of nitrogens with one attached hydrogen (secondary N) is 1. The molecule has 0 aliphatic carbocycles. The molecule has 1 amide bonds. The van der Waals surface area contributed by atoms with Crippen molar-refractivity contribution in [3.8, 4) is 11.9 Å². The summed E-state index contributed by atoms with van der Waals surface area (Å²) < 4.78 is 10.6. The van der Waals surface area contributed by atoms with Gasteiger partial charge in [0.05, 0.1) is 12.2 Å². The summed E-state index contributed by atoms with van der Waals surface area (Å²) in [6.07, 6.45) is 1.29. The minimum Gasteiger partial charge on any atom is -0.472 e. The highest BCUT2D eigenvalue weighted by Crippen LogP contribution is 2.25. The lowest BCUT2D eigenvalue weighted by molar-refractivity contribution is -0.121. The van der Waals surface area contributed by atoms with Gasteiger partial charge in [0.15, 0.2) is 0 Å². The second-order valence-electron chi connectivity index (χ2n) is 7.09. The zero-order valence-electron chi connectivity index (χ0n) is 17.6. The van der Waals surface area contributed by atoms with E-state index in [1.54, 1.807) is 0 Å². The van der Waals surface area contributed by atoms with Gasteiger partial charge in [-0.05, 0) is 16.7 Å². The van der Waals surface area contributed by atoms with E-state index in [1.807, 2.05) is 91.0 Å². The van der Waals surface area contributed by atoms with Gasteiger partial charge in [-0.15, -0.1) is 0 Å². The van der Waals surface area contributed by atoms with Crippen LogP contribution < -0.4 is 14.8 Å². The number of amides is 1. The summed E-state index contributed by atoms with van der Waals surface area (Å²) in [5.41, 5.74) is 2.86. The Morgan fingerprint density at radius 3 is 2.03 bits per heavy atom. The zero-order valence-corrected chi connectivity index (χ0v) is 17.6. The van der Waals surface area contributed by atoms with E-state index in [4.69, 9.17) is 9.47 Å².